The third-order valence-electron chi connectivity index (χ3n) is 3.14. The molecule has 0 aromatic carbocycles. The lowest BCUT2D eigenvalue weighted by molar-refractivity contribution is 0.273. The molecule has 0 spiro atoms. The molecule has 1 heterocycles. The third kappa shape index (κ3) is 5.52. The van der Waals surface area contributed by atoms with E-state index in [0.29, 0.717) is 18.2 Å². The molecule has 0 aromatic heterocycles. The van der Waals surface area contributed by atoms with Gasteiger partial charge in [-0.05, 0) is 32.0 Å². The molecule has 4 nitrogen and oxygen atoms in total. The molecule has 0 saturated carbocycles. The highest BCUT2D eigenvalue weighted by molar-refractivity contribution is 7.91. The number of ether oxygens (including phenoxy) is 1. The normalized spacial score (nSPS) is 25.9. The SMILES string of the molecule is CCCCCCOC(=S)NC1(C)CCS(=O)(=O)C1. The molecule has 0 radical (unpaired) electrons. The Morgan fingerprint density at radius 3 is 2.67 bits per heavy atom. The fourth-order valence-corrected chi connectivity index (χ4v) is 4.51. The van der Waals surface area contributed by atoms with Crippen LogP contribution < -0.4 is 5.32 Å². The summed E-state index contributed by atoms with van der Waals surface area (Å²) in [5.41, 5.74) is -0.459. The van der Waals surface area contributed by atoms with Crippen LogP contribution in [0.4, 0.5) is 0 Å². The van der Waals surface area contributed by atoms with Crippen LogP contribution >= 0.6 is 12.2 Å². The average Bonchev–Trinajstić information content (AvgIpc) is 2.52. The molecule has 6 heteroatoms. The van der Waals surface area contributed by atoms with Crippen LogP contribution in [0.2, 0.25) is 0 Å². The van der Waals surface area contributed by atoms with Gasteiger partial charge >= 0.3 is 0 Å². The van der Waals surface area contributed by atoms with Crippen molar-refractivity contribution in [1.82, 2.24) is 5.32 Å². The molecular weight excluding hydrogens is 270 g/mol. The van der Waals surface area contributed by atoms with Gasteiger partial charge in [-0.2, -0.15) is 0 Å². The quantitative estimate of drug-likeness (QED) is 0.600. The van der Waals surface area contributed by atoms with Gasteiger partial charge in [0.2, 0.25) is 0 Å². The van der Waals surface area contributed by atoms with Gasteiger partial charge in [-0.25, -0.2) is 8.42 Å². The van der Waals surface area contributed by atoms with Crippen molar-refractivity contribution in [3.63, 3.8) is 0 Å². The maximum absolute atomic E-state index is 11.4. The molecule has 1 N–H and O–H groups in total. The Hall–Kier alpha value is -0.360. The highest BCUT2D eigenvalue weighted by Gasteiger charge is 2.39. The van der Waals surface area contributed by atoms with Crippen molar-refractivity contribution in [2.75, 3.05) is 18.1 Å². The maximum Gasteiger partial charge on any atom is 0.257 e. The molecule has 1 fully saturated rings. The van der Waals surface area contributed by atoms with Crippen LogP contribution in [-0.4, -0.2) is 37.2 Å². The number of nitrogens with one attached hydrogen (secondary N) is 1. The first kappa shape index (κ1) is 15.7. The molecule has 0 aromatic rings. The van der Waals surface area contributed by atoms with Crippen molar-refractivity contribution in [1.29, 1.82) is 0 Å². The molecule has 1 aliphatic heterocycles. The van der Waals surface area contributed by atoms with Crippen LogP contribution in [0, 0.1) is 0 Å². The number of hydrogen-bond donors (Lipinski definition) is 1. The van der Waals surface area contributed by atoms with Crippen molar-refractivity contribution in [3.05, 3.63) is 0 Å². The van der Waals surface area contributed by atoms with E-state index in [1.807, 2.05) is 6.92 Å². The fraction of sp³-hybridized carbons (Fsp3) is 0.917. The smallest absolute Gasteiger partial charge is 0.257 e. The monoisotopic (exact) mass is 293 g/mol. The summed E-state index contributed by atoms with van der Waals surface area (Å²) < 4.78 is 28.3. The number of sulfone groups is 1. The standard InChI is InChI=1S/C12H23NO3S2/c1-3-4-5-6-8-16-11(17)13-12(2)7-9-18(14,15)10-12/h3-10H2,1-2H3,(H,13,17). The van der Waals surface area contributed by atoms with E-state index in [2.05, 4.69) is 12.2 Å². The predicted molar refractivity (Wildman–Crippen MR) is 77.5 cm³/mol. The van der Waals surface area contributed by atoms with Crippen LogP contribution in [-0.2, 0) is 14.6 Å². The van der Waals surface area contributed by atoms with Gasteiger partial charge in [0.15, 0.2) is 9.84 Å². The number of hydrogen-bond acceptors (Lipinski definition) is 4. The summed E-state index contributed by atoms with van der Waals surface area (Å²) in [5.74, 6) is 0.370. The summed E-state index contributed by atoms with van der Waals surface area (Å²) in [6.07, 6.45) is 5.13. The van der Waals surface area contributed by atoms with Gasteiger partial charge in [-0.3, -0.25) is 0 Å². The van der Waals surface area contributed by atoms with Crippen molar-refractivity contribution in [2.24, 2.45) is 0 Å². The maximum atomic E-state index is 11.4. The minimum atomic E-state index is -2.91. The average molecular weight is 293 g/mol. The molecule has 1 saturated heterocycles. The van der Waals surface area contributed by atoms with E-state index in [4.69, 9.17) is 17.0 Å². The van der Waals surface area contributed by atoms with E-state index in [1.165, 1.54) is 12.8 Å². The Morgan fingerprint density at radius 1 is 1.39 bits per heavy atom. The Bertz CT molecular complexity index is 381. The molecule has 1 atom stereocenters. The lowest BCUT2D eigenvalue weighted by Crippen LogP contribution is -2.47. The van der Waals surface area contributed by atoms with Gasteiger partial charge in [0.1, 0.15) is 0 Å². The minimum absolute atomic E-state index is 0.138. The zero-order valence-electron chi connectivity index (χ0n) is 11.2. The molecule has 1 rings (SSSR count). The molecule has 18 heavy (non-hydrogen) atoms. The van der Waals surface area contributed by atoms with E-state index in [1.54, 1.807) is 0 Å². The van der Waals surface area contributed by atoms with Crippen LogP contribution in [0.25, 0.3) is 0 Å². The summed E-state index contributed by atoms with van der Waals surface area (Å²) in [6, 6.07) is 0. The van der Waals surface area contributed by atoms with E-state index in [0.717, 1.165) is 12.8 Å². The zero-order chi connectivity index (χ0) is 13.6. The number of rotatable bonds is 6. The Labute approximate surface area is 115 Å². The Balaban J connectivity index is 2.24. The molecule has 1 unspecified atom stereocenters. The summed E-state index contributed by atoms with van der Waals surface area (Å²) in [5, 5.41) is 3.36. The van der Waals surface area contributed by atoms with E-state index >= 15 is 0 Å². The highest BCUT2D eigenvalue weighted by atomic mass is 32.2. The predicted octanol–water partition coefficient (Wildman–Crippen LogP) is 2.04. The van der Waals surface area contributed by atoms with E-state index in [9.17, 15) is 8.42 Å². The van der Waals surface area contributed by atoms with Crippen molar-refractivity contribution >= 4 is 27.2 Å². The van der Waals surface area contributed by atoms with Gasteiger partial charge in [0.25, 0.3) is 5.17 Å². The van der Waals surface area contributed by atoms with Crippen molar-refractivity contribution in [2.45, 2.75) is 51.5 Å². The summed E-state index contributed by atoms with van der Waals surface area (Å²) in [4.78, 5) is 0. The summed E-state index contributed by atoms with van der Waals surface area (Å²) in [6.45, 7) is 4.65. The topological polar surface area (TPSA) is 55.4 Å². The molecule has 0 bridgehead atoms. The molecule has 106 valence electrons. The van der Waals surface area contributed by atoms with Gasteiger partial charge in [-0.15, -0.1) is 0 Å². The van der Waals surface area contributed by atoms with Gasteiger partial charge < -0.3 is 10.1 Å². The van der Waals surface area contributed by atoms with Crippen LogP contribution in [0.1, 0.15) is 46.0 Å². The third-order valence-corrected chi connectivity index (χ3v) is 5.26. The zero-order valence-corrected chi connectivity index (χ0v) is 12.8. The fourth-order valence-electron chi connectivity index (χ4n) is 2.09. The van der Waals surface area contributed by atoms with Gasteiger partial charge in [0.05, 0.1) is 23.7 Å². The molecule has 0 aliphatic carbocycles. The highest BCUT2D eigenvalue weighted by Crippen LogP contribution is 2.22. The lowest BCUT2D eigenvalue weighted by atomic mass is 10.0. The minimum Gasteiger partial charge on any atom is -0.471 e. The first-order valence-corrected chi connectivity index (χ1v) is 8.75. The van der Waals surface area contributed by atoms with Gasteiger partial charge in [-0.1, -0.05) is 26.2 Å². The van der Waals surface area contributed by atoms with E-state index in [-0.39, 0.29) is 11.5 Å². The first-order valence-electron chi connectivity index (χ1n) is 6.52. The molecule has 0 amide bonds. The second-order valence-corrected chi connectivity index (χ2v) is 7.78. The van der Waals surface area contributed by atoms with Gasteiger partial charge in [0, 0.05) is 0 Å². The number of unbranched alkanes of at least 4 members (excludes halogenated alkanes) is 3. The van der Waals surface area contributed by atoms with Crippen LogP contribution in [0.15, 0.2) is 0 Å². The second kappa shape index (κ2) is 6.70. The largest absolute Gasteiger partial charge is 0.471 e. The Morgan fingerprint density at radius 2 is 2.11 bits per heavy atom. The lowest BCUT2D eigenvalue weighted by Gasteiger charge is -2.25. The van der Waals surface area contributed by atoms with Crippen LogP contribution in [0.3, 0.4) is 0 Å². The van der Waals surface area contributed by atoms with Crippen molar-refractivity contribution in [3.8, 4) is 0 Å². The van der Waals surface area contributed by atoms with Crippen molar-refractivity contribution < 1.29 is 13.2 Å². The molecule has 1 aliphatic rings. The number of thiocarbonyl (C=S) groups is 1. The molecular formula is C12H23NO3S2. The Kier molecular flexibility index (Phi) is 5.85. The van der Waals surface area contributed by atoms with Crippen LogP contribution in [0.5, 0.6) is 0 Å². The van der Waals surface area contributed by atoms with E-state index < -0.39 is 15.4 Å². The summed E-state index contributed by atoms with van der Waals surface area (Å²) in [7, 11) is -2.91. The first-order chi connectivity index (χ1) is 8.37. The second-order valence-electron chi connectivity index (χ2n) is 5.22. The summed E-state index contributed by atoms with van der Waals surface area (Å²) >= 11 is 5.09.